The molecule has 4 rings (SSSR count). The fourth-order valence-corrected chi connectivity index (χ4v) is 4.82. The summed E-state index contributed by atoms with van der Waals surface area (Å²) in [5.74, 6) is 2.00. The van der Waals surface area contributed by atoms with Gasteiger partial charge in [-0.1, -0.05) is 77.9 Å². The minimum Gasteiger partial charge on any atom is -0.299 e. The van der Waals surface area contributed by atoms with Crippen LogP contribution in [0.2, 0.25) is 0 Å². The molecule has 0 fully saturated rings. The Morgan fingerprint density at radius 3 is 2.25 bits per heavy atom. The Balaban J connectivity index is 1.97. The van der Waals surface area contributed by atoms with E-state index in [4.69, 9.17) is 4.98 Å². The van der Waals surface area contributed by atoms with E-state index in [0.29, 0.717) is 11.8 Å². The van der Waals surface area contributed by atoms with E-state index in [9.17, 15) is 0 Å². The molecule has 3 aromatic rings. The molecule has 0 saturated carbocycles. The molecule has 146 valence electrons. The molecule has 1 aromatic heterocycles. The standard InChI is InChI=1S/C26H32N2/c1-7-26(6)16-19-10-8-13-22(23(19)26)25-27-14-15-28(25)24-20(17(2)3)11-9-12-21(24)18(4)5/h8-15,17-18H,7,16H2,1-6H3. The molecule has 1 unspecified atom stereocenters. The van der Waals surface area contributed by atoms with Crippen LogP contribution in [0, 0.1) is 0 Å². The summed E-state index contributed by atoms with van der Waals surface area (Å²) in [5, 5.41) is 0. The number of para-hydroxylation sites is 1. The van der Waals surface area contributed by atoms with Crippen molar-refractivity contribution in [2.75, 3.05) is 0 Å². The summed E-state index contributed by atoms with van der Waals surface area (Å²) in [4.78, 5) is 4.86. The summed E-state index contributed by atoms with van der Waals surface area (Å²) < 4.78 is 2.34. The van der Waals surface area contributed by atoms with Crippen molar-refractivity contribution < 1.29 is 0 Å². The predicted molar refractivity (Wildman–Crippen MR) is 119 cm³/mol. The van der Waals surface area contributed by atoms with Gasteiger partial charge < -0.3 is 0 Å². The second-order valence-electron chi connectivity index (χ2n) is 9.15. The first-order valence-electron chi connectivity index (χ1n) is 10.7. The van der Waals surface area contributed by atoms with Gasteiger partial charge in [-0.3, -0.25) is 4.57 Å². The van der Waals surface area contributed by atoms with Crippen LogP contribution in [0.15, 0.2) is 48.8 Å². The summed E-state index contributed by atoms with van der Waals surface area (Å²) in [6, 6.07) is 13.5. The van der Waals surface area contributed by atoms with Crippen molar-refractivity contribution in [3.63, 3.8) is 0 Å². The van der Waals surface area contributed by atoms with Gasteiger partial charge in [0.25, 0.3) is 0 Å². The molecule has 1 atom stereocenters. The number of aromatic nitrogens is 2. The number of hydrogen-bond acceptors (Lipinski definition) is 1. The normalized spacial score (nSPS) is 18.4. The predicted octanol–water partition coefficient (Wildman–Crippen LogP) is 7.01. The Kier molecular flexibility index (Phi) is 4.69. The average molecular weight is 373 g/mol. The van der Waals surface area contributed by atoms with Gasteiger partial charge in [0, 0.05) is 18.0 Å². The first-order valence-corrected chi connectivity index (χ1v) is 10.7. The maximum atomic E-state index is 4.86. The van der Waals surface area contributed by atoms with Gasteiger partial charge in [-0.15, -0.1) is 0 Å². The highest BCUT2D eigenvalue weighted by Gasteiger charge is 2.39. The van der Waals surface area contributed by atoms with E-state index in [2.05, 4.69) is 88.7 Å². The molecule has 0 amide bonds. The van der Waals surface area contributed by atoms with Gasteiger partial charge >= 0.3 is 0 Å². The Morgan fingerprint density at radius 1 is 1.00 bits per heavy atom. The van der Waals surface area contributed by atoms with E-state index in [1.54, 1.807) is 0 Å². The summed E-state index contributed by atoms with van der Waals surface area (Å²) in [6.07, 6.45) is 6.44. The highest BCUT2D eigenvalue weighted by atomic mass is 15.1. The van der Waals surface area contributed by atoms with E-state index in [-0.39, 0.29) is 5.41 Å². The van der Waals surface area contributed by atoms with Crippen LogP contribution in [0.4, 0.5) is 0 Å². The Morgan fingerprint density at radius 2 is 1.64 bits per heavy atom. The van der Waals surface area contributed by atoms with Gasteiger partial charge in [0.2, 0.25) is 0 Å². The molecule has 2 heteroatoms. The zero-order valence-electron chi connectivity index (χ0n) is 18.1. The molecular weight excluding hydrogens is 340 g/mol. The van der Waals surface area contributed by atoms with Crippen LogP contribution in [0.3, 0.4) is 0 Å². The van der Waals surface area contributed by atoms with E-state index in [1.807, 2.05) is 6.20 Å². The van der Waals surface area contributed by atoms with Crippen LogP contribution in [-0.2, 0) is 11.8 Å². The molecule has 2 nitrogen and oxygen atoms in total. The van der Waals surface area contributed by atoms with Gasteiger partial charge in [-0.25, -0.2) is 4.98 Å². The third-order valence-corrected chi connectivity index (χ3v) is 6.58. The highest BCUT2D eigenvalue weighted by molar-refractivity contribution is 5.71. The molecule has 1 heterocycles. The molecule has 1 aliphatic rings. The minimum absolute atomic E-state index is 0.265. The lowest BCUT2D eigenvalue weighted by molar-refractivity contribution is 0.396. The first kappa shape index (κ1) is 19.0. The molecule has 0 aliphatic heterocycles. The van der Waals surface area contributed by atoms with Crippen molar-refractivity contribution in [3.8, 4) is 17.1 Å². The molecule has 28 heavy (non-hydrogen) atoms. The number of nitrogens with zero attached hydrogens (tertiary/aromatic N) is 2. The summed E-state index contributed by atoms with van der Waals surface area (Å²) in [7, 11) is 0. The highest BCUT2D eigenvalue weighted by Crippen LogP contribution is 2.48. The van der Waals surface area contributed by atoms with Crippen LogP contribution >= 0.6 is 0 Å². The lowest BCUT2D eigenvalue weighted by Crippen LogP contribution is -2.36. The third-order valence-electron chi connectivity index (χ3n) is 6.58. The molecule has 0 radical (unpaired) electrons. The SMILES string of the molecule is CCC1(C)Cc2cccc(-c3nccn3-c3c(C(C)C)cccc3C(C)C)c21. The van der Waals surface area contributed by atoms with Crippen molar-refractivity contribution in [1.82, 2.24) is 9.55 Å². The molecular formula is C26H32N2. The maximum absolute atomic E-state index is 4.86. The van der Waals surface area contributed by atoms with Crippen molar-refractivity contribution in [1.29, 1.82) is 0 Å². The fraction of sp³-hybridized carbons (Fsp3) is 0.423. The summed E-state index contributed by atoms with van der Waals surface area (Å²) in [5.41, 5.74) is 8.63. The number of rotatable bonds is 5. The second-order valence-corrected chi connectivity index (χ2v) is 9.15. The smallest absolute Gasteiger partial charge is 0.144 e. The first-order chi connectivity index (χ1) is 13.4. The Hall–Kier alpha value is -2.35. The number of imidazole rings is 1. The van der Waals surface area contributed by atoms with Gasteiger partial charge in [0.1, 0.15) is 5.82 Å². The lowest BCUT2D eigenvalue weighted by atomic mass is 9.62. The fourth-order valence-electron chi connectivity index (χ4n) is 4.82. The minimum atomic E-state index is 0.265. The molecule has 1 aliphatic carbocycles. The zero-order valence-corrected chi connectivity index (χ0v) is 18.1. The Labute approximate surface area is 169 Å². The van der Waals surface area contributed by atoms with E-state index < -0.39 is 0 Å². The average Bonchev–Trinajstić information content (AvgIpc) is 3.15. The second kappa shape index (κ2) is 6.92. The Bertz CT molecular complexity index is 983. The summed E-state index contributed by atoms with van der Waals surface area (Å²) >= 11 is 0. The molecule has 0 N–H and O–H groups in total. The molecule has 0 spiro atoms. The van der Waals surface area contributed by atoms with Crippen molar-refractivity contribution in [3.05, 3.63) is 71.0 Å². The van der Waals surface area contributed by atoms with Gasteiger partial charge in [-0.2, -0.15) is 0 Å². The lowest BCUT2D eigenvalue weighted by Gasteiger charge is -2.42. The van der Waals surface area contributed by atoms with E-state index in [1.165, 1.54) is 39.9 Å². The van der Waals surface area contributed by atoms with E-state index in [0.717, 1.165) is 12.2 Å². The van der Waals surface area contributed by atoms with Crippen molar-refractivity contribution in [2.45, 2.75) is 71.6 Å². The van der Waals surface area contributed by atoms with Gasteiger partial charge in [0.15, 0.2) is 0 Å². The maximum Gasteiger partial charge on any atom is 0.144 e. The monoisotopic (exact) mass is 372 g/mol. The van der Waals surface area contributed by atoms with Crippen LogP contribution in [-0.4, -0.2) is 9.55 Å². The molecule has 0 bridgehead atoms. The van der Waals surface area contributed by atoms with Crippen LogP contribution in [0.25, 0.3) is 17.1 Å². The van der Waals surface area contributed by atoms with Crippen LogP contribution in [0.1, 0.15) is 82.1 Å². The quantitative estimate of drug-likeness (QED) is 0.471. The third kappa shape index (κ3) is 2.82. The number of fused-ring (bicyclic) bond motifs is 1. The topological polar surface area (TPSA) is 17.8 Å². The van der Waals surface area contributed by atoms with Crippen LogP contribution in [0.5, 0.6) is 0 Å². The summed E-state index contributed by atoms with van der Waals surface area (Å²) in [6.45, 7) is 13.8. The molecule has 0 saturated heterocycles. The van der Waals surface area contributed by atoms with Crippen molar-refractivity contribution in [2.24, 2.45) is 0 Å². The zero-order chi connectivity index (χ0) is 20.1. The van der Waals surface area contributed by atoms with Crippen LogP contribution < -0.4 is 0 Å². The van der Waals surface area contributed by atoms with Gasteiger partial charge in [-0.05, 0) is 52.3 Å². The van der Waals surface area contributed by atoms with E-state index >= 15 is 0 Å². The number of benzene rings is 2. The largest absolute Gasteiger partial charge is 0.299 e. The van der Waals surface area contributed by atoms with Gasteiger partial charge in [0.05, 0.1) is 5.69 Å². The number of hydrogen-bond donors (Lipinski definition) is 0. The molecule has 2 aromatic carbocycles. The van der Waals surface area contributed by atoms with Crippen molar-refractivity contribution >= 4 is 0 Å².